The molecule has 158 valence electrons. The molecule has 9 nitrogen and oxygen atoms in total. The van der Waals surface area contributed by atoms with Crippen molar-refractivity contribution in [2.45, 2.75) is 11.9 Å². The van der Waals surface area contributed by atoms with Crippen molar-refractivity contribution in [1.29, 1.82) is 0 Å². The van der Waals surface area contributed by atoms with Gasteiger partial charge in [0.15, 0.2) is 11.5 Å². The number of hydrogen-bond acceptors (Lipinski definition) is 6. The molecule has 0 aliphatic carbocycles. The van der Waals surface area contributed by atoms with Gasteiger partial charge in [0.1, 0.15) is 5.56 Å². The van der Waals surface area contributed by atoms with Gasteiger partial charge in [-0.1, -0.05) is 11.6 Å². The van der Waals surface area contributed by atoms with Gasteiger partial charge in [0.2, 0.25) is 5.03 Å². The number of anilines is 2. The predicted molar refractivity (Wildman–Crippen MR) is 113 cm³/mol. The van der Waals surface area contributed by atoms with E-state index in [2.05, 4.69) is 20.2 Å². The molecule has 0 unspecified atom stereocenters. The number of rotatable bonds is 7. The summed E-state index contributed by atoms with van der Waals surface area (Å²) >= 11 is 5.82. The lowest BCUT2D eigenvalue weighted by Crippen LogP contribution is -2.20. The number of sulfonamides is 1. The van der Waals surface area contributed by atoms with E-state index in [0.29, 0.717) is 27.9 Å². The lowest BCUT2D eigenvalue weighted by molar-refractivity contribution is 0.102. The monoisotopic (exact) mass is 450 g/mol. The summed E-state index contributed by atoms with van der Waals surface area (Å²) in [4.78, 5) is 12.9. The van der Waals surface area contributed by atoms with Crippen LogP contribution < -0.4 is 19.5 Å². The summed E-state index contributed by atoms with van der Waals surface area (Å²) in [5, 5.41) is 9.06. The smallest absolute Gasteiger partial charge is 0.282 e. The average Bonchev–Trinajstić information content (AvgIpc) is 3.12. The Morgan fingerprint density at radius 3 is 2.30 bits per heavy atom. The summed E-state index contributed by atoms with van der Waals surface area (Å²) in [5.41, 5.74) is 0.870. The van der Waals surface area contributed by atoms with E-state index in [-0.39, 0.29) is 11.3 Å². The quantitative estimate of drug-likeness (QED) is 0.506. The number of nitrogens with one attached hydrogen (secondary N) is 3. The number of carbonyl (C=O) groups is 1. The van der Waals surface area contributed by atoms with Crippen LogP contribution in [-0.2, 0) is 10.0 Å². The number of methoxy groups -OCH3 is 2. The maximum Gasteiger partial charge on any atom is 0.282 e. The molecule has 0 aliphatic rings. The minimum Gasteiger partial charge on any atom is -0.493 e. The molecule has 1 amide bonds. The van der Waals surface area contributed by atoms with Crippen molar-refractivity contribution in [3.8, 4) is 11.5 Å². The highest BCUT2D eigenvalue weighted by atomic mass is 35.5. The number of aromatic nitrogens is 2. The van der Waals surface area contributed by atoms with Crippen LogP contribution >= 0.6 is 11.6 Å². The number of H-pyrrole nitrogens is 1. The van der Waals surface area contributed by atoms with Gasteiger partial charge < -0.3 is 14.8 Å². The van der Waals surface area contributed by atoms with Gasteiger partial charge in [-0.3, -0.25) is 14.6 Å². The van der Waals surface area contributed by atoms with Crippen molar-refractivity contribution in [3.63, 3.8) is 0 Å². The van der Waals surface area contributed by atoms with Gasteiger partial charge in [-0.2, -0.15) is 13.5 Å². The van der Waals surface area contributed by atoms with Crippen molar-refractivity contribution < 1.29 is 22.7 Å². The first-order chi connectivity index (χ1) is 14.2. The second-order valence-corrected chi connectivity index (χ2v) is 8.20. The molecule has 3 rings (SSSR count). The Morgan fingerprint density at radius 2 is 1.67 bits per heavy atom. The van der Waals surface area contributed by atoms with Crippen molar-refractivity contribution >= 4 is 38.9 Å². The van der Waals surface area contributed by atoms with Crippen molar-refractivity contribution in [3.05, 3.63) is 58.7 Å². The third-order valence-electron chi connectivity index (χ3n) is 4.13. The zero-order valence-electron chi connectivity index (χ0n) is 16.3. The maximum atomic E-state index is 12.9. The Hall–Kier alpha value is -3.24. The lowest BCUT2D eigenvalue weighted by Gasteiger charge is -2.11. The molecular formula is C19H19ClN4O5S. The zero-order chi connectivity index (χ0) is 21.9. The topological polar surface area (TPSA) is 122 Å². The highest BCUT2D eigenvalue weighted by Gasteiger charge is 2.28. The first-order valence-corrected chi connectivity index (χ1v) is 10.5. The van der Waals surface area contributed by atoms with Gasteiger partial charge in [0.05, 0.1) is 14.2 Å². The largest absolute Gasteiger partial charge is 0.493 e. The molecule has 0 saturated carbocycles. The summed E-state index contributed by atoms with van der Waals surface area (Å²) in [5.74, 6) is 0.256. The Bertz CT molecular complexity index is 1180. The van der Waals surface area contributed by atoms with Crippen LogP contribution in [0, 0.1) is 6.92 Å². The predicted octanol–water partition coefficient (Wildman–Crippen LogP) is 3.44. The van der Waals surface area contributed by atoms with Crippen LogP contribution in [0.1, 0.15) is 16.1 Å². The first kappa shape index (κ1) is 21.5. The molecule has 3 aromatic rings. The van der Waals surface area contributed by atoms with Crippen LogP contribution in [0.25, 0.3) is 0 Å². The van der Waals surface area contributed by atoms with Crippen LogP contribution in [-0.4, -0.2) is 38.7 Å². The van der Waals surface area contributed by atoms with E-state index in [1.54, 1.807) is 37.3 Å². The van der Waals surface area contributed by atoms with E-state index in [0.717, 1.165) is 0 Å². The second kappa shape index (κ2) is 8.64. The van der Waals surface area contributed by atoms with Gasteiger partial charge in [-0.05, 0) is 43.3 Å². The molecule has 3 N–H and O–H groups in total. The average molecular weight is 451 g/mol. The molecule has 1 aromatic heterocycles. The van der Waals surface area contributed by atoms with Crippen LogP contribution in [0.4, 0.5) is 11.4 Å². The number of halogens is 1. The van der Waals surface area contributed by atoms with Crippen molar-refractivity contribution in [2.75, 3.05) is 24.3 Å². The first-order valence-electron chi connectivity index (χ1n) is 8.62. The van der Waals surface area contributed by atoms with Crippen molar-refractivity contribution in [1.82, 2.24) is 10.2 Å². The molecule has 30 heavy (non-hydrogen) atoms. The van der Waals surface area contributed by atoms with E-state index in [4.69, 9.17) is 21.1 Å². The van der Waals surface area contributed by atoms with Crippen LogP contribution in [0.15, 0.2) is 47.5 Å². The van der Waals surface area contributed by atoms with Crippen LogP contribution in [0.5, 0.6) is 11.5 Å². The number of aromatic amines is 1. The normalized spacial score (nSPS) is 11.1. The molecule has 11 heteroatoms. The van der Waals surface area contributed by atoms with Crippen LogP contribution in [0.2, 0.25) is 5.02 Å². The number of nitrogens with zero attached hydrogens (tertiary/aromatic N) is 1. The standard InChI is InChI=1S/C19H19ClN4O5S/c1-11-17(18(25)21-14-8-9-15(28-2)16(10-14)29-3)19(23-22-11)30(26,27)24-13-6-4-12(20)5-7-13/h4-10,24H,1-3H3,(H,21,25)(H,22,23). The Labute approximate surface area is 178 Å². The lowest BCUT2D eigenvalue weighted by atomic mass is 10.2. The fourth-order valence-corrected chi connectivity index (χ4v) is 4.05. The molecule has 0 saturated heterocycles. The number of benzene rings is 2. The van der Waals surface area contributed by atoms with Gasteiger partial charge in [-0.25, -0.2) is 0 Å². The molecule has 0 atom stereocenters. The fourth-order valence-electron chi connectivity index (χ4n) is 2.70. The van der Waals surface area contributed by atoms with E-state index >= 15 is 0 Å². The van der Waals surface area contributed by atoms with Gasteiger partial charge in [0, 0.05) is 28.2 Å². The molecule has 0 bridgehead atoms. The minimum atomic E-state index is -4.14. The molecule has 2 aromatic carbocycles. The maximum absolute atomic E-state index is 12.9. The Kier molecular flexibility index (Phi) is 6.18. The van der Waals surface area contributed by atoms with Gasteiger partial charge in [0.25, 0.3) is 15.9 Å². The highest BCUT2D eigenvalue weighted by molar-refractivity contribution is 7.92. The second-order valence-electron chi connectivity index (χ2n) is 6.17. The molecule has 0 fully saturated rings. The molecular weight excluding hydrogens is 432 g/mol. The highest BCUT2D eigenvalue weighted by Crippen LogP contribution is 2.30. The minimum absolute atomic E-state index is 0.105. The van der Waals surface area contributed by atoms with E-state index in [1.165, 1.54) is 26.4 Å². The molecule has 0 aliphatic heterocycles. The molecule has 1 heterocycles. The molecule has 0 spiro atoms. The van der Waals surface area contributed by atoms with Crippen molar-refractivity contribution in [2.24, 2.45) is 0 Å². The Morgan fingerprint density at radius 1 is 1.03 bits per heavy atom. The number of hydrogen-bond donors (Lipinski definition) is 3. The van der Waals surface area contributed by atoms with E-state index in [9.17, 15) is 13.2 Å². The summed E-state index contributed by atoms with van der Waals surface area (Å²) in [6.45, 7) is 1.55. The fraction of sp³-hybridized carbons (Fsp3) is 0.158. The Balaban J connectivity index is 1.89. The SMILES string of the molecule is COc1ccc(NC(=O)c2c(S(=O)(=O)Nc3ccc(Cl)cc3)n[nH]c2C)cc1OC. The van der Waals surface area contributed by atoms with E-state index < -0.39 is 21.0 Å². The van der Waals surface area contributed by atoms with E-state index in [1.807, 2.05) is 0 Å². The summed E-state index contributed by atoms with van der Waals surface area (Å²) < 4.78 is 38.4. The number of ether oxygens (including phenoxy) is 2. The van der Waals surface area contributed by atoms with Crippen LogP contribution in [0.3, 0.4) is 0 Å². The number of carbonyl (C=O) groups excluding carboxylic acids is 1. The van der Waals surface area contributed by atoms with Gasteiger partial charge >= 0.3 is 0 Å². The van der Waals surface area contributed by atoms with Gasteiger partial charge in [-0.15, -0.1) is 0 Å². The molecule has 0 radical (unpaired) electrons. The number of amides is 1. The summed E-state index contributed by atoms with van der Waals surface area (Å²) in [6, 6.07) is 10.9. The zero-order valence-corrected chi connectivity index (χ0v) is 17.9. The summed E-state index contributed by atoms with van der Waals surface area (Å²) in [6.07, 6.45) is 0. The third-order valence-corrected chi connectivity index (χ3v) is 5.69. The summed E-state index contributed by atoms with van der Waals surface area (Å²) in [7, 11) is -1.17. The number of aryl methyl sites for hydroxylation is 1. The third kappa shape index (κ3) is 4.50.